The molecule has 1 unspecified atom stereocenters. The van der Waals surface area contributed by atoms with Crippen molar-refractivity contribution in [2.24, 2.45) is 5.92 Å². The van der Waals surface area contributed by atoms with Gasteiger partial charge in [-0.1, -0.05) is 30.3 Å². The van der Waals surface area contributed by atoms with Crippen LogP contribution in [0.2, 0.25) is 0 Å². The van der Waals surface area contributed by atoms with Crippen molar-refractivity contribution in [1.82, 2.24) is 4.90 Å². The Bertz CT molecular complexity index is 394. The molecule has 0 N–H and O–H groups in total. The number of carbonyl (C=O) groups excluding carboxylic acids is 1. The second-order valence-electron chi connectivity index (χ2n) is 4.82. The summed E-state index contributed by atoms with van der Waals surface area (Å²) in [6.45, 7) is 5.20. The van der Waals surface area contributed by atoms with Crippen LogP contribution in [0, 0.1) is 5.92 Å². The predicted octanol–water partition coefficient (Wildman–Crippen LogP) is 2.05. The molecular formula is C15H21NO3. The number of benzene rings is 1. The van der Waals surface area contributed by atoms with Crippen LogP contribution < -0.4 is 0 Å². The van der Waals surface area contributed by atoms with E-state index in [1.807, 2.05) is 25.1 Å². The van der Waals surface area contributed by atoms with E-state index in [9.17, 15) is 4.79 Å². The van der Waals surface area contributed by atoms with E-state index in [2.05, 4.69) is 17.0 Å². The Morgan fingerprint density at radius 1 is 1.26 bits per heavy atom. The van der Waals surface area contributed by atoms with E-state index in [0.29, 0.717) is 19.6 Å². The van der Waals surface area contributed by atoms with Gasteiger partial charge in [-0.3, -0.25) is 9.69 Å². The SMILES string of the molecule is CCOOCC1CN(Cc2ccccc2)CCC1=O. The van der Waals surface area contributed by atoms with Crippen molar-refractivity contribution >= 4 is 5.78 Å². The summed E-state index contributed by atoms with van der Waals surface area (Å²) in [7, 11) is 0. The van der Waals surface area contributed by atoms with Gasteiger partial charge in [0.05, 0.1) is 19.1 Å². The largest absolute Gasteiger partial charge is 0.299 e. The number of carbonyl (C=O) groups is 1. The van der Waals surface area contributed by atoms with E-state index in [4.69, 9.17) is 9.78 Å². The standard InChI is InChI=1S/C15H21NO3/c1-2-18-19-12-14-11-16(9-8-15(14)17)10-13-6-4-3-5-7-13/h3-7,14H,2,8-12H2,1H3. The van der Waals surface area contributed by atoms with E-state index >= 15 is 0 Å². The number of piperidine rings is 1. The predicted molar refractivity (Wildman–Crippen MR) is 72.4 cm³/mol. The molecule has 1 heterocycles. The molecule has 1 aromatic carbocycles. The van der Waals surface area contributed by atoms with Crippen molar-refractivity contribution in [1.29, 1.82) is 0 Å². The molecule has 1 aliphatic rings. The molecule has 0 aliphatic carbocycles. The Morgan fingerprint density at radius 2 is 2.05 bits per heavy atom. The number of ketones is 1. The average Bonchev–Trinajstić information content (AvgIpc) is 2.44. The molecule has 4 nitrogen and oxygen atoms in total. The number of Topliss-reactive ketones (excluding diaryl/α,β-unsaturated/α-hetero) is 1. The molecule has 0 bridgehead atoms. The van der Waals surface area contributed by atoms with Gasteiger partial charge >= 0.3 is 0 Å². The Morgan fingerprint density at radius 3 is 2.79 bits per heavy atom. The van der Waals surface area contributed by atoms with Crippen LogP contribution in [0.15, 0.2) is 30.3 Å². The molecule has 1 saturated heterocycles. The highest BCUT2D eigenvalue weighted by molar-refractivity contribution is 5.82. The van der Waals surface area contributed by atoms with Crippen LogP contribution in [-0.4, -0.2) is 37.0 Å². The van der Waals surface area contributed by atoms with Crippen molar-refractivity contribution in [2.45, 2.75) is 19.9 Å². The molecule has 1 aromatic rings. The van der Waals surface area contributed by atoms with E-state index < -0.39 is 0 Å². The Balaban J connectivity index is 1.84. The minimum Gasteiger partial charge on any atom is -0.299 e. The zero-order chi connectivity index (χ0) is 13.5. The zero-order valence-electron chi connectivity index (χ0n) is 11.4. The van der Waals surface area contributed by atoms with Gasteiger partial charge in [0.2, 0.25) is 0 Å². The number of hydrogen-bond donors (Lipinski definition) is 0. The minimum absolute atomic E-state index is 0.0657. The molecule has 1 fully saturated rings. The highest BCUT2D eigenvalue weighted by atomic mass is 17.2. The summed E-state index contributed by atoms with van der Waals surface area (Å²) >= 11 is 0. The van der Waals surface area contributed by atoms with Crippen molar-refractivity contribution in [3.63, 3.8) is 0 Å². The summed E-state index contributed by atoms with van der Waals surface area (Å²) in [5, 5.41) is 0. The van der Waals surface area contributed by atoms with Crippen LogP contribution in [0.5, 0.6) is 0 Å². The van der Waals surface area contributed by atoms with E-state index in [1.54, 1.807) is 0 Å². The fraction of sp³-hybridized carbons (Fsp3) is 0.533. The highest BCUT2D eigenvalue weighted by Crippen LogP contribution is 2.16. The summed E-state index contributed by atoms with van der Waals surface area (Å²) < 4.78 is 0. The van der Waals surface area contributed by atoms with Crippen LogP contribution in [-0.2, 0) is 21.1 Å². The van der Waals surface area contributed by atoms with Crippen LogP contribution in [0.1, 0.15) is 18.9 Å². The second kappa shape index (κ2) is 7.38. The molecule has 104 valence electrons. The molecule has 2 rings (SSSR count). The van der Waals surface area contributed by atoms with Crippen LogP contribution in [0.4, 0.5) is 0 Å². The Labute approximate surface area is 114 Å². The molecule has 0 saturated carbocycles. The van der Waals surface area contributed by atoms with Gasteiger partial charge in [0.1, 0.15) is 5.78 Å². The van der Waals surface area contributed by atoms with Gasteiger partial charge in [0.15, 0.2) is 0 Å². The minimum atomic E-state index is -0.0657. The van der Waals surface area contributed by atoms with Crippen LogP contribution in [0.25, 0.3) is 0 Å². The monoisotopic (exact) mass is 263 g/mol. The lowest BCUT2D eigenvalue weighted by Crippen LogP contribution is -2.42. The normalized spacial score (nSPS) is 20.7. The maximum absolute atomic E-state index is 11.8. The summed E-state index contributed by atoms with van der Waals surface area (Å²) in [5.74, 6) is 0.216. The van der Waals surface area contributed by atoms with Gasteiger partial charge in [0, 0.05) is 26.1 Å². The first kappa shape index (κ1) is 14.2. The van der Waals surface area contributed by atoms with E-state index in [-0.39, 0.29) is 11.7 Å². The van der Waals surface area contributed by atoms with Crippen molar-refractivity contribution < 1.29 is 14.6 Å². The molecule has 0 spiro atoms. The number of nitrogens with zero attached hydrogens (tertiary/aromatic N) is 1. The number of hydrogen-bond acceptors (Lipinski definition) is 4. The molecule has 0 amide bonds. The molecule has 0 aromatic heterocycles. The van der Waals surface area contributed by atoms with Crippen molar-refractivity contribution in [2.75, 3.05) is 26.3 Å². The first-order valence-corrected chi connectivity index (χ1v) is 6.83. The molecular weight excluding hydrogens is 242 g/mol. The quantitative estimate of drug-likeness (QED) is 0.447. The third-order valence-corrected chi connectivity index (χ3v) is 3.33. The molecule has 1 atom stereocenters. The summed E-state index contributed by atoms with van der Waals surface area (Å²) in [6, 6.07) is 10.3. The van der Waals surface area contributed by atoms with Gasteiger partial charge < -0.3 is 0 Å². The van der Waals surface area contributed by atoms with Crippen molar-refractivity contribution in [3.8, 4) is 0 Å². The maximum atomic E-state index is 11.8. The first-order chi connectivity index (χ1) is 9.29. The van der Waals surface area contributed by atoms with E-state index in [0.717, 1.165) is 19.6 Å². The molecule has 19 heavy (non-hydrogen) atoms. The zero-order valence-corrected chi connectivity index (χ0v) is 11.4. The fourth-order valence-corrected chi connectivity index (χ4v) is 2.32. The Hall–Kier alpha value is -1.23. The third kappa shape index (κ3) is 4.42. The third-order valence-electron chi connectivity index (χ3n) is 3.33. The summed E-state index contributed by atoms with van der Waals surface area (Å²) in [5.41, 5.74) is 1.28. The topological polar surface area (TPSA) is 38.8 Å². The fourth-order valence-electron chi connectivity index (χ4n) is 2.32. The summed E-state index contributed by atoms with van der Waals surface area (Å²) in [4.78, 5) is 24.0. The number of rotatable bonds is 6. The lowest BCUT2D eigenvalue weighted by atomic mass is 9.97. The summed E-state index contributed by atoms with van der Waals surface area (Å²) in [6.07, 6.45) is 0.604. The Kier molecular flexibility index (Phi) is 5.51. The lowest BCUT2D eigenvalue weighted by Gasteiger charge is -2.31. The van der Waals surface area contributed by atoms with Gasteiger partial charge in [-0.05, 0) is 12.5 Å². The van der Waals surface area contributed by atoms with Gasteiger partial charge in [0.25, 0.3) is 0 Å². The van der Waals surface area contributed by atoms with Gasteiger partial charge in [-0.15, -0.1) is 0 Å². The smallest absolute Gasteiger partial charge is 0.140 e. The average molecular weight is 263 g/mol. The maximum Gasteiger partial charge on any atom is 0.140 e. The number of likely N-dealkylation sites (tertiary alicyclic amines) is 1. The van der Waals surface area contributed by atoms with E-state index in [1.165, 1.54) is 5.56 Å². The second-order valence-corrected chi connectivity index (χ2v) is 4.82. The van der Waals surface area contributed by atoms with Gasteiger partial charge in [-0.2, -0.15) is 0 Å². The lowest BCUT2D eigenvalue weighted by molar-refractivity contribution is -0.297. The van der Waals surface area contributed by atoms with Crippen LogP contribution in [0.3, 0.4) is 0 Å². The van der Waals surface area contributed by atoms with Gasteiger partial charge in [-0.25, -0.2) is 9.78 Å². The molecule has 4 heteroatoms. The first-order valence-electron chi connectivity index (χ1n) is 6.83. The van der Waals surface area contributed by atoms with Crippen molar-refractivity contribution in [3.05, 3.63) is 35.9 Å². The molecule has 0 radical (unpaired) electrons. The highest BCUT2D eigenvalue weighted by Gasteiger charge is 2.27. The van der Waals surface area contributed by atoms with Crippen LogP contribution >= 0.6 is 0 Å². The molecule has 1 aliphatic heterocycles.